The van der Waals surface area contributed by atoms with Crippen LogP contribution in [0.4, 0.5) is 5.69 Å². The maximum atomic E-state index is 12.0. The van der Waals surface area contributed by atoms with Crippen LogP contribution in [0.3, 0.4) is 0 Å². The summed E-state index contributed by atoms with van der Waals surface area (Å²) in [6, 6.07) is 4.32. The van der Waals surface area contributed by atoms with Gasteiger partial charge in [-0.2, -0.15) is 0 Å². The number of carbonyl (C=O) groups is 1. The van der Waals surface area contributed by atoms with Gasteiger partial charge in [-0.1, -0.05) is 15.9 Å². The van der Waals surface area contributed by atoms with Gasteiger partial charge in [-0.05, 0) is 58.2 Å². The molecule has 0 radical (unpaired) electrons. The molecular weight excluding hydrogens is 358 g/mol. The van der Waals surface area contributed by atoms with Gasteiger partial charge >= 0.3 is 5.97 Å². The van der Waals surface area contributed by atoms with Crippen LogP contribution in [-0.4, -0.2) is 37.9 Å². The van der Waals surface area contributed by atoms with E-state index < -0.39 is 0 Å². The van der Waals surface area contributed by atoms with Gasteiger partial charge in [-0.3, -0.25) is 0 Å². The molecule has 1 aliphatic rings. The predicted octanol–water partition coefficient (Wildman–Crippen LogP) is 4.33. The van der Waals surface area contributed by atoms with Crippen molar-refractivity contribution in [2.24, 2.45) is 0 Å². The summed E-state index contributed by atoms with van der Waals surface area (Å²) in [5.74, 6) is -0.298. The number of anilines is 1. The Labute approximate surface area is 147 Å². The molecule has 128 valence electrons. The Morgan fingerprint density at radius 1 is 1.48 bits per heavy atom. The van der Waals surface area contributed by atoms with Crippen molar-refractivity contribution >= 4 is 27.6 Å². The molecule has 0 aliphatic carbocycles. The van der Waals surface area contributed by atoms with Gasteiger partial charge in [-0.25, -0.2) is 4.79 Å². The summed E-state index contributed by atoms with van der Waals surface area (Å²) in [5.41, 5.74) is 2.55. The van der Waals surface area contributed by atoms with Crippen molar-refractivity contribution in [1.29, 1.82) is 0 Å². The summed E-state index contributed by atoms with van der Waals surface area (Å²) in [6.07, 6.45) is 1.97. The van der Waals surface area contributed by atoms with Gasteiger partial charge in [-0.15, -0.1) is 0 Å². The maximum Gasteiger partial charge on any atom is 0.338 e. The topological polar surface area (TPSA) is 38.8 Å². The summed E-state index contributed by atoms with van der Waals surface area (Å²) >= 11 is 3.53. The third kappa shape index (κ3) is 4.07. The van der Waals surface area contributed by atoms with E-state index in [-0.39, 0.29) is 11.6 Å². The average molecular weight is 384 g/mol. The van der Waals surface area contributed by atoms with Crippen LogP contribution in [0.25, 0.3) is 0 Å². The van der Waals surface area contributed by atoms with Gasteiger partial charge in [0.2, 0.25) is 0 Å². The van der Waals surface area contributed by atoms with E-state index >= 15 is 0 Å². The SMILES string of the molecule is CCN(c1cc(Br)cc(C(=O)OC)c1C)C1CCOC(C)(C)C1. The number of hydrogen-bond donors (Lipinski definition) is 0. The quantitative estimate of drug-likeness (QED) is 0.725. The molecule has 0 saturated carbocycles. The zero-order chi connectivity index (χ0) is 17.2. The van der Waals surface area contributed by atoms with Crippen molar-refractivity contribution in [3.63, 3.8) is 0 Å². The standard InChI is InChI=1S/C18H26BrNO3/c1-6-20(14-7-8-23-18(3,4)11-14)16-10-13(19)9-15(12(16)2)17(21)22-5/h9-10,14H,6-8,11H2,1-5H3. The van der Waals surface area contributed by atoms with Crippen LogP contribution in [0.15, 0.2) is 16.6 Å². The van der Waals surface area contributed by atoms with Gasteiger partial charge < -0.3 is 14.4 Å². The number of methoxy groups -OCH3 is 1. The number of hydrogen-bond acceptors (Lipinski definition) is 4. The first-order valence-corrected chi connectivity index (χ1v) is 8.87. The molecule has 0 aromatic heterocycles. The Morgan fingerprint density at radius 2 is 2.17 bits per heavy atom. The first kappa shape index (κ1) is 18.3. The molecule has 1 atom stereocenters. The molecule has 1 aromatic rings. The summed E-state index contributed by atoms with van der Waals surface area (Å²) in [5, 5.41) is 0. The zero-order valence-corrected chi connectivity index (χ0v) is 16.2. The molecule has 1 aliphatic heterocycles. The van der Waals surface area contributed by atoms with E-state index in [1.807, 2.05) is 13.0 Å². The van der Waals surface area contributed by atoms with E-state index in [2.05, 4.69) is 47.7 Å². The Balaban J connectivity index is 2.41. The Kier molecular flexibility index (Phi) is 5.74. The number of halogens is 1. The second kappa shape index (κ2) is 7.22. The largest absolute Gasteiger partial charge is 0.465 e. The number of benzene rings is 1. The zero-order valence-electron chi connectivity index (χ0n) is 14.6. The fraction of sp³-hybridized carbons (Fsp3) is 0.611. The summed E-state index contributed by atoms with van der Waals surface area (Å²) in [4.78, 5) is 14.4. The van der Waals surface area contributed by atoms with Crippen molar-refractivity contribution in [2.75, 3.05) is 25.2 Å². The van der Waals surface area contributed by atoms with Crippen LogP contribution in [0, 0.1) is 6.92 Å². The van der Waals surface area contributed by atoms with Crippen LogP contribution in [0.5, 0.6) is 0 Å². The molecule has 1 heterocycles. The molecule has 0 N–H and O–H groups in total. The summed E-state index contributed by atoms with van der Waals surface area (Å²) in [6.45, 7) is 10.1. The van der Waals surface area contributed by atoms with Crippen LogP contribution in [0.2, 0.25) is 0 Å². The molecule has 1 fully saturated rings. The lowest BCUT2D eigenvalue weighted by Crippen LogP contribution is -2.46. The number of carbonyl (C=O) groups excluding carboxylic acids is 1. The van der Waals surface area contributed by atoms with E-state index in [9.17, 15) is 4.79 Å². The number of rotatable bonds is 4. The van der Waals surface area contributed by atoms with Gasteiger partial charge in [0.1, 0.15) is 0 Å². The fourth-order valence-corrected chi connectivity index (χ4v) is 3.82. The third-order valence-corrected chi connectivity index (χ3v) is 4.97. The minimum Gasteiger partial charge on any atom is -0.465 e. The van der Waals surface area contributed by atoms with Crippen LogP contribution < -0.4 is 4.90 Å². The van der Waals surface area contributed by atoms with Gasteiger partial charge in [0.05, 0.1) is 18.3 Å². The van der Waals surface area contributed by atoms with Crippen molar-refractivity contribution in [3.05, 3.63) is 27.7 Å². The van der Waals surface area contributed by atoms with Crippen LogP contribution >= 0.6 is 15.9 Å². The van der Waals surface area contributed by atoms with Crippen LogP contribution in [0.1, 0.15) is 49.5 Å². The average Bonchev–Trinajstić information content (AvgIpc) is 2.49. The monoisotopic (exact) mass is 383 g/mol. The summed E-state index contributed by atoms with van der Waals surface area (Å²) < 4.78 is 11.7. The lowest BCUT2D eigenvalue weighted by molar-refractivity contribution is -0.0588. The van der Waals surface area contributed by atoms with Gasteiger partial charge in [0.25, 0.3) is 0 Å². The first-order chi connectivity index (χ1) is 10.8. The van der Waals surface area contributed by atoms with Gasteiger partial charge in [0.15, 0.2) is 0 Å². The predicted molar refractivity (Wildman–Crippen MR) is 96.3 cm³/mol. The normalized spacial score (nSPS) is 20.2. The lowest BCUT2D eigenvalue weighted by atomic mass is 9.92. The molecule has 1 aromatic carbocycles. The van der Waals surface area contributed by atoms with E-state index in [0.717, 1.165) is 41.7 Å². The minimum atomic E-state index is -0.298. The number of esters is 1. The van der Waals surface area contributed by atoms with E-state index in [1.54, 1.807) is 0 Å². The van der Waals surface area contributed by atoms with E-state index in [0.29, 0.717) is 11.6 Å². The molecule has 1 unspecified atom stereocenters. The van der Waals surface area contributed by atoms with Crippen molar-refractivity contribution in [3.8, 4) is 0 Å². The minimum absolute atomic E-state index is 0.110. The Hall–Kier alpha value is -1.07. The number of nitrogens with zero attached hydrogens (tertiary/aromatic N) is 1. The Bertz CT molecular complexity index is 586. The maximum absolute atomic E-state index is 12.0. The second-order valence-corrected chi connectivity index (χ2v) is 7.55. The van der Waals surface area contributed by atoms with Crippen LogP contribution in [-0.2, 0) is 9.47 Å². The van der Waals surface area contributed by atoms with E-state index in [4.69, 9.17) is 9.47 Å². The molecule has 0 bridgehead atoms. The molecule has 0 amide bonds. The lowest BCUT2D eigenvalue weighted by Gasteiger charge is -2.42. The molecule has 4 nitrogen and oxygen atoms in total. The molecule has 0 spiro atoms. The fourth-order valence-electron chi connectivity index (χ4n) is 3.38. The van der Waals surface area contributed by atoms with Crippen molar-refractivity contribution < 1.29 is 14.3 Å². The van der Waals surface area contributed by atoms with E-state index in [1.165, 1.54) is 7.11 Å². The van der Waals surface area contributed by atoms with Crippen molar-refractivity contribution in [1.82, 2.24) is 0 Å². The first-order valence-electron chi connectivity index (χ1n) is 8.08. The highest BCUT2D eigenvalue weighted by molar-refractivity contribution is 9.10. The molecule has 2 rings (SSSR count). The van der Waals surface area contributed by atoms with Crippen molar-refractivity contribution in [2.45, 2.75) is 52.2 Å². The number of ether oxygens (including phenoxy) is 2. The highest BCUT2D eigenvalue weighted by atomic mass is 79.9. The summed E-state index contributed by atoms with van der Waals surface area (Å²) in [7, 11) is 1.42. The molecular formula is C18H26BrNO3. The van der Waals surface area contributed by atoms with Gasteiger partial charge in [0, 0.05) is 29.4 Å². The highest BCUT2D eigenvalue weighted by Crippen LogP contribution is 2.34. The third-order valence-electron chi connectivity index (χ3n) is 4.51. The smallest absolute Gasteiger partial charge is 0.338 e. The second-order valence-electron chi connectivity index (χ2n) is 6.63. The molecule has 5 heteroatoms. The molecule has 23 heavy (non-hydrogen) atoms. The highest BCUT2D eigenvalue weighted by Gasteiger charge is 2.33. The molecule has 1 saturated heterocycles. The Morgan fingerprint density at radius 3 is 2.74 bits per heavy atom.